The lowest BCUT2D eigenvalue weighted by Gasteiger charge is -2.30. The smallest absolute Gasteiger partial charge is 0.0642 e. The fraction of sp³-hybridized carbons (Fsp3) is 0.286. The van der Waals surface area contributed by atoms with Crippen LogP contribution in [0.4, 0.5) is 5.69 Å². The van der Waals surface area contributed by atoms with Crippen LogP contribution in [-0.2, 0) is 4.74 Å². The summed E-state index contributed by atoms with van der Waals surface area (Å²) in [7, 11) is 0. The lowest BCUT2D eigenvalue weighted by Crippen LogP contribution is -2.36. The summed E-state index contributed by atoms with van der Waals surface area (Å²) in [5.74, 6) is 0. The van der Waals surface area contributed by atoms with Crippen molar-refractivity contribution < 1.29 is 4.74 Å². The molecule has 0 aliphatic carbocycles. The number of benzene rings is 2. The molecule has 0 radical (unpaired) electrons. The van der Waals surface area contributed by atoms with E-state index in [2.05, 4.69) is 53.9 Å². The van der Waals surface area contributed by atoms with E-state index < -0.39 is 0 Å². The molecule has 0 bridgehead atoms. The highest BCUT2D eigenvalue weighted by atomic mass is 32.1. The van der Waals surface area contributed by atoms with Crippen LogP contribution < -0.4 is 4.90 Å². The van der Waals surface area contributed by atoms with Crippen molar-refractivity contribution in [2.24, 2.45) is 0 Å². The van der Waals surface area contributed by atoms with Gasteiger partial charge >= 0.3 is 0 Å². The van der Waals surface area contributed by atoms with Gasteiger partial charge in [0.25, 0.3) is 0 Å². The highest BCUT2D eigenvalue weighted by Gasteiger charge is 2.14. The van der Waals surface area contributed by atoms with Crippen LogP contribution in [0, 0.1) is 0 Å². The number of hydrogen-bond acceptors (Lipinski definition) is 3. The van der Waals surface area contributed by atoms with Gasteiger partial charge in [-0.2, -0.15) is 0 Å². The van der Waals surface area contributed by atoms with Crippen LogP contribution in [0.2, 0.25) is 0 Å². The van der Waals surface area contributed by atoms with E-state index in [0.717, 1.165) is 31.2 Å². The molecule has 1 saturated heterocycles. The third-order valence-corrected chi connectivity index (χ3v) is 3.55. The van der Waals surface area contributed by atoms with Gasteiger partial charge in [0, 0.05) is 18.0 Å². The van der Waals surface area contributed by atoms with Crippen LogP contribution in [0.15, 0.2) is 41.3 Å². The van der Waals surface area contributed by atoms with Gasteiger partial charge < -0.3 is 9.64 Å². The molecule has 1 fully saturated rings. The van der Waals surface area contributed by atoms with Crippen LogP contribution in [-0.4, -0.2) is 26.3 Å². The first kappa shape index (κ1) is 10.9. The van der Waals surface area contributed by atoms with Crippen molar-refractivity contribution in [3.8, 4) is 0 Å². The monoisotopic (exact) mass is 245 g/mol. The van der Waals surface area contributed by atoms with E-state index in [1.807, 2.05) is 0 Å². The van der Waals surface area contributed by atoms with Gasteiger partial charge in [-0.25, -0.2) is 0 Å². The maximum absolute atomic E-state index is 5.38. The van der Waals surface area contributed by atoms with Crippen LogP contribution in [0.1, 0.15) is 0 Å². The van der Waals surface area contributed by atoms with Gasteiger partial charge in [0.15, 0.2) is 0 Å². The Morgan fingerprint density at radius 1 is 1.00 bits per heavy atom. The SMILES string of the molecule is Sc1cc2ccccc2cc1N1CCOCC1. The molecule has 3 rings (SSSR count). The summed E-state index contributed by atoms with van der Waals surface area (Å²) in [5, 5.41) is 2.52. The Kier molecular flexibility index (Phi) is 2.95. The van der Waals surface area contributed by atoms with E-state index in [-0.39, 0.29) is 0 Å². The molecule has 3 heteroatoms. The van der Waals surface area contributed by atoms with E-state index in [1.54, 1.807) is 0 Å². The van der Waals surface area contributed by atoms with Gasteiger partial charge in [-0.1, -0.05) is 24.3 Å². The number of fused-ring (bicyclic) bond motifs is 1. The Balaban J connectivity index is 2.06. The van der Waals surface area contributed by atoms with Crippen LogP contribution in [0.25, 0.3) is 10.8 Å². The number of morpholine rings is 1. The molecule has 0 amide bonds. The molecule has 1 heterocycles. The highest BCUT2D eigenvalue weighted by molar-refractivity contribution is 7.80. The Morgan fingerprint density at radius 3 is 2.35 bits per heavy atom. The predicted molar refractivity (Wildman–Crippen MR) is 74.2 cm³/mol. The Hall–Kier alpha value is -1.19. The summed E-state index contributed by atoms with van der Waals surface area (Å²) in [5.41, 5.74) is 1.22. The molecule has 2 nitrogen and oxygen atoms in total. The van der Waals surface area contributed by atoms with Crippen LogP contribution >= 0.6 is 12.6 Å². The first-order valence-electron chi connectivity index (χ1n) is 5.89. The zero-order chi connectivity index (χ0) is 11.7. The summed E-state index contributed by atoms with van der Waals surface area (Å²) in [6.07, 6.45) is 0. The summed E-state index contributed by atoms with van der Waals surface area (Å²) in [6, 6.07) is 12.8. The van der Waals surface area contributed by atoms with Gasteiger partial charge in [0.1, 0.15) is 0 Å². The number of rotatable bonds is 1. The second-order valence-electron chi connectivity index (χ2n) is 4.29. The third-order valence-electron chi connectivity index (χ3n) is 3.19. The van der Waals surface area contributed by atoms with E-state index >= 15 is 0 Å². The number of nitrogens with zero attached hydrogens (tertiary/aromatic N) is 1. The molecule has 2 aromatic rings. The summed E-state index contributed by atoms with van der Waals surface area (Å²) < 4.78 is 5.38. The first-order chi connectivity index (χ1) is 8.34. The van der Waals surface area contributed by atoms with E-state index in [4.69, 9.17) is 4.74 Å². The molecule has 17 heavy (non-hydrogen) atoms. The minimum Gasteiger partial charge on any atom is -0.378 e. The number of ether oxygens (including phenoxy) is 1. The van der Waals surface area contributed by atoms with E-state index in [0.29, 0.717) is 0 Å². The maximum atomic E-state index is 5.38. The normalized spacial score (nSPS) is 16.4. The zero-order valence-corrected chi connectivity index (χ0v) is 10.5. The van der Waals surface area contributed by atoms with Gasteiger partial charge in [-0.3, -0.25) is 0 Å². The Labute approximate surface area is 107 Å². The van der Waals surface area contributed by atoms with Crippen molar-refractivity contribution in [3.63, 3.8) is 0 Å². The highest BCUT2D eigenvalue weighted by Crippen LogP contribution is 2.30. The molecule has 0 spiro atoms. The average molecular weight is 245 g/mol. The first-order valence-corrected chi connectivity index (χ1v) is 6.34. The van der Waals surface area contributed by atoms with Crippen LogP contribution in [0.5, 0.6) is 0 Å². The van der Waals surface area contributed by atoms with E-state index in [1.165, 1.54) is 16.5 Å². The average Bonchev–Trinajstić information content (AvgIpc) is 2.39. The number of anilines is 1. The molecule has 0 unspecified atom stereocenters. The van der Waals surface area contributed by atoms with Crippen molar-refractivity contribution >= 4 is 29.1 Å². The quantitative estimate of drug-likeness (QED) is 0.775. The molecule has 0 atom stereocenters. The minimum absolute atomic E-state index is 0.806. The fourth-order valence-corrected chi connectivity index (χ4v) is 2.62. The Bertz CT molecular complexity index is 535. The van der Waals surface area contributed by atoms with Gasteiger partial charge in [-0.15, -0.1) is 12.6 Å². The van der Waals surface area contributed by atoms with Gasteiger partial charge in [0.05, 0.1) is 18.9 Å². The lowest BCUT2D eigenvalue weighted by atomic mass is 10.1. The van der Waals surface area contributed by atoms with Crippen molar-refractivity contribution in [3.05, 3.63) is 36.4 Å². The second-order valence-corrected chi connectivity index (χ2v) is 4.77. The van der Waals surface area contributed by atoms with Crippen molar-refractivity contribution in [1.82, 2.24) is 0 Å². The second kappa shape index (κ2) is 4.59. The predicted octanol–water partition coefficient (Wildman–Crippen LogP) is 2.97. The molecule has 0 N–H and O–H groups in total. The molecular weight excluding hydrogens is 230 g/mol. The molecule has 2 aromatic carbocycles. The maximum Gasteiger partial charge on any atom is 0.0642 e. The summed E-state index contributed by atoms with van der Waals surface area (Å²) in [4.78, 5) is 3.39. The molecular formula is C14H15NOS. The largest absolute Gasteiger partial charge is 0.378 e. The fourth-order valence-electron chi connectivity index (χ4n) is 2.27. The standard InChI is InChI=1S/C14H15NOS/c17-14-10-12-4-2-1-3-11(12)9-13(14)15-5-7-16-8-6-15/h1-4,9-10,17H,5-8H2. The lowest BCUT2D eigenvalue weighted by molar-refractivity contribution is 0.122. The molecule has 0 aromatic heterocycles. The summed E-state index contributed by atoms with van der Waals surface area (Å²) in [6.45, 7) is 3.51. The molecule has 88 valence electrons. The minimum atomic E-state index is 0.806. The molecule has 1 aliphatic heterocycles. The Morgan fingerprint density at radius 2 is 1.65 bits per heavy atom. The van der Waals surface area contributed by atoms with E-state index in [9.17, 15) is 0 Å². The zero-order valence-electron chi connectivity index (χ0n) is 9.60. The topological polar surface area (TPSA) is 12.5 Å². The number of hydrogen-bond donors (Lipinski definition) is 1. The number of thiol groups is 1. The third kappa shape index (κ3) is 2.13. The molecule has 1 aliphatic rings. The van der Waals surface area contributed by atoms with Gasteiger partial charge in [-0.05, 0) is 22.9 Å². The van der Waals surface area contributed by atoms with Crippen molar-refractivity contribution in [2.75, 3.05) is 31.2 Å². The van der Waals surface area contributed by atoms with Crippen molar-refractivity contribution in [2.45, 2.75) is 4.90 Å². The molecule has 0 saturated carbocycles. The van der Waals surface area contributed by atoms with Crippen LogP contribution in [0.3, 0.4) is 0 Å². The van der Waals surface area contributed by atoms with Gasteiger partial charge in [0.2, 0.25) is 0 Å². The van der Waals surface area contributed by atoms with Crippen molar-refractivity contribution in [1.29, 1.82) is 0 Å². The summed E-state index contributed by atoms with van der Waals surface area (Å²) >= 11 is 4.60.